The third kappa shape index (κ3) is 4.71. The molecule has 2 aromatic heterocycles. The second-order valence-corrected chi connectivity index (χ2v) is 8.37. The van der Waals surface area contributed by atoms with Gasteiger partial charge in [0.2, 0.25) is 0 Å². The number of anilines is 1. The SMILES string of the molecule is CC(C)Cn1c(=O)c(N2CCN(C(=O)NCc3ccc(F)cc3)CC2)nc2ccncc21. The highest BCUT2D eigenvalue weighted by atomic mass is 19.1. The number of hydrogen-bond acceptors (Lipinski definition) is 5. The summed E-state index contributed by atoms with van der Waals surface area (Å²) in [5.41, 5.74) is 2.16. The second kappa shape index (κ2) is 9.33. The van der Waals surface area contributed by atoms with E-state index in [4.69, 9.17) is 0 Å². The number of urea groups is 1. The Balaban J connectivity index is 1.44. The predicted octanol–water partition coefficient (Wildman–Crippen LogP) is 2.62. The number of pyridine rings is 1. The van der Waals surface area contributed by atoms with E-state index in [1.54, 1.807) is 34.0 Å². The van der Waals surface area contributed by atoms with Gasteiger partial charge in [0.15, 0.2) is 5.82 Å². The molecule has 2 amide bonds. The molecule has 0 bridgehead atoms. The predicted molar refractivity (Wildman–Crippen MR) is 121 cm³/mol. The summed E-state index contributed by atoms with van der Waals surface area (Å²) in [5, 5.41) is 2.87. The number of benzene rings is 1. The van der Waals surface area contributed by atoms with Crippen molar-refractivity contribution in [3.8, 4) is 0 Å². The number of fused-ring (bicyclic) bond motifs is 1. The number of carbonyl (C=O) groups is 1. The van der Waals surface area contributed by atoms with Crippen LogP contribution in [-0.4, -0.2) is 51.6 Å². The molecule has 3 heterocycles. The van der Waals surface area contributed by atoms with Crippen LogP contribution in [0.5, 0.6) is 0 Å². The van der Waals surface area contributed by atoms with E-state index < -0.39 is 0 Å². The summed E-state index contributed by atoms with van der Waals surface area (Å²) >= 11 is 0. The highest BCUT2D eigenvalue weighted by Crippen LogP contribution is 2.16. The van der Waals surface area contributed by atoms with Crippen molar-refractivity contribution in [2.24, 2.45) is 5.92 Å². The molecular weight excluding hydrogens is 411 g/mol. The van der Waals surface area contributed by atoms with Crippen molar-refractivity contribution in [2.45, 2.75) is 26.9 Å². The van der Waals surface area contributed by atoms with E-state index in [0.29, 0.717) is 51.0 Å². The molecule has 168 valence electrons. The fourth-order valence-electron chi connectivity index (χ4n) is 3.84. The number of carbonyl (C=O) groups excluding carboxylic acids is 1. The van der Waals surface area contributed by atoms with Crippen LogP contribution in [0.25, 0.3) is 11.0 Å². The average molecular weight is 439 g/mol. The van der Waals surface area contributed by atoms with Gasteiger partial charge < -0.3 is 19.7 Å². The number of aromatic nitrogens is 3. The fraction of sp³-hybridized carbons (Fsp3) is 0.391. The molecule has 32 heavy (non-hydrogen) atoms. The van der Waals surface area contributed by atoms with Gasteiger partial charge in [0.1, 0.15) is 5.82 Å². The summed E-state index contributed by atoms with van der Waals surface area (Å²) in [6.07, 6.45) is 3.35. The number of piperazine rings is 1. The van der Waals surface area contributed by atoms with Gasteiger partial charge in [-0.15, -0.1) is 0 Å². The minimum Gasteiger partial charge on any atom is -0.348 e. The molecule has 1 aliphatic heterocycles. The summed E-state index contributed by atoms with van der Waals surface area (Å²) in [7, 11) is 0. The Labute approximate surface area is 185 Å². The topological polar surface area (TPSA) is 83.4 Å². The van der Waals surface area contributed by atoms with Gasteiger partial charge in [-0.1, -0.05) is 26.0 Å². The minimum absolute atomic E-state index is 0.131. The first kappa shape index (κ1) is 21.7. The maximum absolute atomic E-state index is 13.2. The van der Waals surface area contributed by atoms with Crippen molar-refractivity contribution in [3.05, 3.63) is 64.5 Å². The van der Waals surface area contributed by atoms with Gasteiger partial charge in [0, 0.05) is 45.5 Å². The molecule has 1 fully saturated rings. The van der Waals surface area contributed by atoms with Gasteiger partial charge in [-0.3, -0.25) is 9.78 Å². The molecule has 1 aromatic carbocycles. The highest BCUT2D eigenvalue weighted by molar-refractivity contribution is 5.76. The molecule has 0 aliphatic carbocycles. The summed E-state index contributed by atoms with van der Waals surface area (Å²) in [4.78, 5) is 38.2. The van der Waals surface area contributed by atoms with Gasteiger partial charge in [-0.2, -0.15) is 0 Å². The van der Waals surface area contributed by atoms with Crippen LogP contribution in [0.3, 0.4) is 0 Å². The van der Waals surface area contributed by atoms with E-state index >= 15 is 0 Å². The smallest absolute Gasteiger partial charge is 0.317 e. The molecule has 1 saturated heterocycles. The van der Waals surface area contributed by atoms with Crippen LogP contribution < -0.4 is 15.8 Å². The lowest BCUT2D eigenvalue weighted by molar-refractivity contribution is 0.193. The number of halogens is 1. The lowest BCUT2D eigenvalue weighted by Crippen LogP contribution is -2.53. The first-order chi connectivity index (χ1) is 15.4. The van der Waals surface area contributed by atoms with Crippen LogP contribution in [0.4, 0.5) is 15.0 Å². The van der Waals surface area contributed by atoms with Crippen molar-refractivity contribution >= 4 is 22.9 Å². The Kier molecular flexibility index (Phi) is 6.34. The third-order valence-corrected chi connectivity index (χ3v) is 5.50. The van der Waals surface area contributed by atoms with Crippen LogP contribution >= 0.6 is 0 Å². The van der Waals surface area contributed by atoms with Crippen LogP contribution in [0, 0.1) is 11.7 Å². The summed E-state index contributed by atoms with van der Waals surface area (Å²) < 4.78 is 14.8. The van der Waals surface area contributed by atoms with Gasteiger partial charge >= 0.3 is 6.03 Å². The van der Waals surface area contributed by atoms with Crippen LogP contribution in [0.15, 0.2) is 47.5 Å². The largest absolute Gasteiger partial charge is 0.348 e. The van der Waals surface area contributed by atoms with Crippen molar-refractivity contribution in [1.82, 2.24) is 24.8 Å². The molecule has 0 atom stereocenters. The summed E-state index contributed by atoms with van der Waals surface area (Å²) in [6.45, 7) is 7.05. The fourth-order valence-corrected chi connectivity index (χ4v) is 3.84. The zero-order chi connectivity index (χ0) is 22.7. The number of rotatable bonds is 5. The molecule has 0 unspecified atom stereocenters. The highest BCUT2D eigenvalue weighted by Gasteiger charge is 2.25. The molecule has 1 N–H and O–H groups in total. The van der Waals surface area contributed by atoms with Crippen molar-refractivity contribution in [1.29, 1.82) is 0 Å². The summed E-state index contributed by atoms with van der Waals surface area (Å²) in [5.74, 6) is 0.408. The first-order valence-electron chi connectivity index (χ1n) is 10.8. The van der Waals surface area contributed by atoms with Crippen LogP contribution in [0.2, 0.25) is 0 Å². The monoisotopic (exact) mass is 438 g/mol. The van der Waals surface area contributed by atoms with Gasteiger partial charge in [-0.05, 0) is 29.7 Å². The molecule has 1 aliphatic rings. The zero-order valence-corrected chi connectivity index (χ0v) is 18.3. The van der Waals surface area contributed by atoms with Crippen molar-refractivity contribution < 1.29 is 9.18 Å². The third-order valence-electron chi connectivity index (χ3n) is 5.50. The van der Waals surface area contributed by atoms with E-state index in [0.717, 1.165) is 16.6 Å². The van der Waals surface area contributed by atoms with Crippen LogP contribution in [0.1, 0.15) is 19.4 Å². The second-order valence-electron chi connectivity index (χ2n) is 8.37. The van der Waals surface area contributed by atoms with Gasteiger partial charge in [-0.25, -0.2) is 14.2 Å². The number of amides is 2. The van der Waals surface area contributed by atoms with E-state index in [-0.39, 0.29) is 17.4 Å². The Bertz CT molecular complexity index is 1150. The Hall–Kier alpha value is -3.49. The van der Waals surface area contributed by atoms with Crippen LogP contribution in [-0.2, 0) is 13.1 Å². The Morgan fingerprint density at radius 3 is 2.53 bits per heavy atom. The number of nitrogens with zero attached hydrogens (tertiary/aromatic N) is 5. The molecule has 0 radical (unpaired) electrons. The standard InChI is InChI=1S/C23H27FN6O2/c1-16(2)15-30-20-14-25-8-7-19(20)27-21(22(30)31)28-9-11-29(12-10-28)23(32)26-13-17-3-5-18(24)6-4-17/h3-8,14,16H,9-13,15H2,1-2H3,(H,26,32). The maximum Gasteiger partial charge on any atom is 0.317 e. The first-order valence-corrected chi connectivity index (χ1v) is 10.8. The molecule has 0 spiro atoms. The molecule has 3 aromatic rings. The average Bonchev–Trinajstić information content (AvgIpc) is 2.80. The number of hydrogen-bond donors (Lipinski definition) is 1. The van der Waals surface area contributed by atoms with Gasteiger partial charge in [0.05, 0.1) is 17.2 Å². The molecule has 4 rings (SSSR count). The normalized spacial score (nSPS) is 14.2. The minimum atomic E-state index is -0.304. The molecule has 8 nitrogen and oxygen atoms in total. The van der Waals surface area contributed by atoms with E-state index in [2.05, 4.69) is 29.1 Å². The van der Waals surface area contributed by atoms with Crippen molar-refractivity contribution in [2.75, 3.05) is 31.1 Å². The van der Waals surface area contributed by atoms with E-state index in [1.165, 1.54) is 12.1 Å². The molecular formula is C23H27FN6O2. The Morgan fingerprint density at radius 1 is 1.12 bits per heavy atom. The zero-order valence-electron chi connectivity index (χ0n) is 18.3. The van der Waals surface area contributed by atoms with Crippen molar-refractivity contribution in [3.63, 3.8) is 0 Å². The lowest BCUT2D eigenvalue weighted by Gasteiger charge is -2.35. The number of nitrogens with one attached hydrogen (secondary N) is 1. The van der Waals surface area contributed by atoms with E-state index in [1.807, 2.05) is 11.0 Å². The lowest BCUT2D eigenvalue weighted by atomic mass is 10.2. The molecule has 9 heteroatoms. The quantitative estimate of drug-likeness (QED) is 0.662. The maximum atomic E-state index is 13.2. The van der Waals surface area contributed by atoms with E-state index in [9.17, 15) is 14.0 Å². The van der Waals surface area contributed by atoms with Gasteiger partial charge in [0.25, 0.3) is 5.56 Å². The Morgan fingerprint density at radius 2 is 1.84 bits per heavy atom. The molecule has 0 saturated carbocycles. The summed E-state index contributed by atoms with van der Waals surface area (Å²) in [6, 6.07) is 7.68.